The molecule has 1 rings (SSSR count). The van der Waals surface area contributed by atoms with E-state index in [4.69, 9.17) is 40.5 Å². The number of rotatable bonds is 0. The molecule has 0 fully saturated rings. The van der Waals surface area contributed by atoms with Gasteiger partial charge in [0, 0.05) is 0 Å². The van der Waals surface area contributed by atoms with Crippen LogP contribution in [-0.2, 0) is 0 Å². The molecule has 0 radical (unpaired) electrons. The topological polar surface area (TPSA) is 26.0 Å². The van der Waals surface area contributed by atoms with Crippen molar-refractivity contribution in [2.75, 3.05) is 5.73 Å². The highest BCUT2D eigenvalue weighted by Crippen LogP contribution is 2.35. The number of nitrogens with two attached hydrogens (primary N) is 1. The van der Waals surface area contributed by atoms with Crippen LogP contribution in [0.5, 0.6) is 0 Å². The number of hydrogen-bond donors (Lipinski definition) is 1. The lowest BCUT2D eigenvalue weighted by molar-refractivity contribution is 0.629. The molecule has 0 heterocycles. The molecule has 1 nitrogen and oxygen atoms in total. The summed E-state index contributed by atoms with van der Waals surface area (Å²) in [7, 11) is 0. The van der Waals surface area contributed by atoms with Crippen molar-refractivity contribution in [1.82, 2.24) is 0 Å². The van der Waals surface area contributed by atoms with Crippen LogP contribution in [-0.4, -0.2) is 0 Å². The molecule has 1 aromatic rings. The largest absolute Gasteiger partial charge is 0.396 e. The molecule has 0 bridgehead atoms. The number of anilines is 1. The summed E-state index contributed by atoms with van der Waals surface area (Å²) in [6.45, 7) is 0. The second kappa shape index (κ2) is 3.05. The van der Waals surface area contributed by atoms with Gasteiger partial charge >= 0.3 is 0 Å². The fourth-order valence-electron chi connectivity index (χ4n) is 0.592. The van der Waals surface area contributed by atoms with Gasteiger partial charge in [0.1, 0.15) is 10.8 Å². The van der Waals surface area contributed by atoms with Gasteiger partial charge in [0.15, 0.2) is 0 Å². The molecule has 11 heavy (non-hydrogen) atoms. The molecule has 0 unspecified atom stereocenters. The van der Waals surface area contributed by atoms with Crippen molar-refractivity contribution >= 4 is 40.5 Å². The Bertz CT molecular complexity index is 274. The van der Waals surface area contributed by atoms with E-state index in [0.29, 0.717) is 0 Å². The Morgan fingerprint density at radius 3 is 2.27 bits per heavy atom. The second-order valence-electron chi connectivity index (χ2n) is 1.88. The van der Waals surface area contributed by atoms with Crippen molar-refractivity contribution in [3.05, 3.63) is 27.0 Å². The van der Waals surface area contributed by atoms with E-state index in [0.717, 1.165) is 6.07 Å². The molecule has 0 saturated heterocycles. The van der Waals surface area contributed by atoms with Gasteiger partial charge in [-0.25, -0.2) is 4.39 Å². The Morgan fingerprint density at radius 2 is 1.73 bits per heavy atom. The van der Waals surface area contributed by atoms with Crippen LogP contribution in [0.15, 0.2) is 6.07 Å². The van der Waals surface area contributed by atoms with Gasteiger partial charge in [-0.3, -0.25) is 0 Å². The lowest BCUT2D eigenvalue weighted by Gasteiger charge is -2.03. The van der Waals surface area contributed by atoms with Gasteiger partial charge in [0.05, 0.1) is 15.7 Å². The van der Waals surface area contributed by atoms with Gasteiger partial charge in [0.25, 0.3) is 0 Å². The Hall–Kier alpha value is -0.180. The van der Waals surface area contributed by atoms with E-state index in [9.17, 15) is 4.39 Å². The molecule has 2 N–H and O–H groups in total. The minimum absolute atomic E-state index is 0.0293. The number of halogens is 4. The van der Waals surface area contributed by atoms with E-state index in [1.54, 1.807) is 0 Å². The van der Waals surface area contributed by atoms with Gasteiger partial charge in [0.2, 0.25) is 0 Å². The SMILES string of the molecule is Nc1c(Cl)c(F)cc(Cl)c1Cl. The fourth-order valence-corrected chi connectivity index (χ4v) is 1.14. The molecule has 0 aliphatic heterocycles. The van der Waals surface area contributed by atoms with E-state index in [1.165, 1.54) is 0 Å². The summed E-state index contributed by atoms with van der Waals surface area (Å²) in [6, 6.07) is 1.02. The van der Waals surface area contributed by atoms with E-state index >= 15 is 0 Å². The first-order valence-electron chi connectivity index (χ1n) is 2.62. The summed E-state index contributed by atoms with van der Waals surface area (Å²) >= 11 is 16.4. The quantitative estimate of drug-likeness (QED) is 0.520. The zero-order valence-corrected chi connectivity index (χ0v) is 7.43. The maximum Gasteiger partial charge on any atom is 0.145 e. The van der Waals surface area contributed by atoms with Gasteiger partial charge in [-0.2, -0.15) is 0 Å². The van der Waals surface area contributed by atoms with Crippen LogP contribution in [0.3, 0.4) is 0 Å². The molecule has 0 atom stereocenters. The van der Waals surface area contributed by atoms with Crippen molar-refractivity contribution in [2.45, 2.75) is 0 Å². The van der Waals surface area contributed by atoms with Crippen molar-refractivity contribution in [1.29, 1.82) is 0 Å². The van der Waals surface area contributed by atoms with E-state index < -0.39 is 5.82 Å². The molecule has 60 valence electrons. The van der Waals surface area contributed by atoms with Crippen LogP contribution in [0.1, 0.15) is 0 Å². The highest BCUT2D eigenvalue weighted by atomic mass is 35.5. The van der Waals surface area contributed by atoms with Crippen molar-refractivity contribution in [3.8, 4) is 0 Å². The van der Waals surface area contributed by atoms with Crippen LogP contribution in [0, 0.1) is 5.82 Å². The molecule has 0 aliphatic carbocycles. The van der Waals surface area contributed by atoms with Crippen LogP contribution < -0.4 is 5.73 Å². The zero-order valence-electron chi connectivity index (χ0n) is 5.17. The van der Waals surface area contributed by atoms with E-state index in [-0.39, 0.29) is 20.8 Å². The van der Waals surface area contributed by atoms with Crippen molar-refractivity contribution in [3.63, 3.8) is 0 Å². The summed E-state index contributed by atoms with van der Waals surface area (Å²) in [5, 5.41) is -0.0523. The van der Waals surface area contributed by atoms with Gasteiger partial charge in [-0.15, -0.1) is 0 Å². The van der Waals surface area contributed by atoms with Gasteiger partial charge in [-0.1, -0.05) is 34.8 Å². The normalized spacial score (nSPS) is 10.2. The lowest BCUT2D eigenvalue weighted by Crippen LogP contribution is -1.91. The highest BCUT2D eigenvalue weighted by Gasteiger charge is 2.11. The van der Waals surface area contributed by atoms with Crippen LogP contribution >= 0.6 is 34.8 Å². The highest BCUT2D eigenvalue weighted by molar-refractivity contribution is 6.45. The minimum atomic E-state index is -0.668. The van der Waals surface area contributed by atoms with Crippen LogP contribution in [0.25, 0.3) is 0 Å². The fraction of sp³-hybridized carbons (Fsp3) is 0. The first kappa shape index (κ1) is 8.91. The summed E-state index contributed by atoms with van der Waals surface area (Å²) in [5.74, 6) is -0.668. The Balaban J connectivity index is 3.46. The molecule has 0 aromatic heterocycles. The molecule has 0 spiro atoms. The smallest absolute Gasteiger partial charge is 0.145 e. The standard InChI is InChI=1S/C6H3Cl3FN/c7-2-1-3(10)5(9)6(11)4(2)8/h1H,11H2. The average molecular weight is 214 g/mol. The minimum Gasteiger partial charge on any atom is -0.396 e. The Labute approximate surface area is 77.8 Å². The molecular weight excluding hydrogens is 211 g/mol. The van der Waals surface area contributed by atoms with Crippen LogP contribution in [0.2, 0.25) is 15.1 Å². The molecular formula is C6H3Cl3FN. The zero-order chi connectivity index (χ0) is 8.59. The predicted octanol–water partition coefficient (Wildman–Crippen LogP) is 3.37. The number of benzene rings is 1. The average Bonchev–Trinajstić information content (AvgIpc) is 1.97. The predicted molar refractivity (Wildman–Crippen MR) is 45.8 cm³/mol. The van der Waals surface area contributed by atoms with Gasteiger partial charge in [-0.05, 0) is 6.07 Å². The first-order chi connectivity index (χ1) is 5.04. The van der Waals surface area contributed by atoms with Crippen molar-refractivity contribution < 1.29 is 4.39 Å². The summed E-state index contributed by atoms with van der Waals surface area (Å²) < 4.78 is 12.7. The molecule has 0 amide bonds. The number of nitrogen functional groups attached to an aromatic ring is 1. The third-order valence-corrected chi connectivity index (χ3v) is 2.33. The summed E-state index contributed by atoms with van der Waals surface area (Å²) in [5.41, 5.74) is 5.27. The molecule has 0 aliphatic rings. The third-order valence-electron chi connectivity index (χ3n) is 1.15. The van der Waals surface area contributed by atoms with E-state index in [1.807, 2.05) is 0 Å². The maximum absolute atomic E-state index is 12.7. The number of hydrogen-bond acceptors (Lipinski definition) is 1. The second-order valence-corrected chi connectivity index (χ2v) is 3.04. The van der Waals surface area contributed by atoms with Crippen LogP contribution in [0.4, 0.5) is 10.1 Å². The third kappa shape index (κ3) is 1.53. The lowest BCUT2D eigenvalue weighted by atomic mass is 10.3. The Morgan fingerprint density at radius 1 is 1.18 bits per heavy atom. The molecule has 1 aromatic carbocycles. The molecule has 0 saturated carbocycles. The summed E-state index contributed by atoms with van der Waals surface area (Å²) in [6.07, 6.45) is 0. The maximum atomic E-state index is 12.7. The first-order valence-corrected chi connectivity index (χ1v) is 3.76. The van der Waals surface area contributed by atoms with Crippen molar-refractivity contribution in [2.24, 2.45) is 0 Å². The monoisotopic (exact) mass is 213 g/mol. The Kier molecular flexibility index (Phi) is 2.47. The summed E-state index contributed by atoms with van der Waals surface area (Å²) in [4.78, 5) is 0. The van der Waals surface area contributed by atoms with E-state index in [2.05, 4.69) is 0 Å². The van der Waals surface area contributed by atoms with Gasteiger partial charge < -0.3 is 5.73 Å². The molecule has 5 heteroatoms.